The molecule has 3 aliphatic rings. The first kappa shape index (κ1) is 29.9. The minimum Gasteiger partial charge on any atom is -0.461 e. The molecule has 3 atom stereocenters. The Balaban J connectivity index is 1.13. The van der Waals surface area contributed by atoms with Gasteiger partial charge in [-0.15, -0.1) is 0 Å². The zero-order valence-corrected chi connectivity index (χ0v) is 28.4. The highest BCUT2D eigenvalue weighted by Crippen LogP contribution is 2.45. The molecule has 2 aliphatic heterocycles. The van der Waals surface area contributed by atoms with Crippen LogP contribution in [0.2, 0.25) is 0 Å². The highest BCUT2D eigenvalue weighted by atomic mass is 16.5. The number of aliphatic imine (C=N–C) groups is 1. The predicted molar refractivity (Wildman–Crippen MR) is 210 cm³/mol. The Morgan fingerprint density at radius 2 is 1.51 bits per heavy atom. The smallest absolute Gasteiger partial charge is 0.132 e. The fraction of sp³-hybridized carbons (Fsp3) is 0.128. The Morgan fingerprint density at radius 1 is 0.706 bits per heavy atom. The van der Waals surface area contributed by atoms with Crippen LogP contribution < -0.4 is 15.4 Å². The first-order chi connectivity index (χ1) is 25.2. The molecular weight excluding hydrogens is 623 g/mol. The van der Waals surface area contributed by atoms with E-state index in [2.05, 4.69) is 169 Å². The van der Waals surface area contributed by atoms with Crippen molar-refractivity contribution in [3.05, 3.63) is 185 Å². The molecule has 3 unspecified atom stereocenters. The summed E-state index contributed by atoms with van der Waals surface area (Å²) in [4.78, 5) is 5.44. The van der Waals surface area contributed by atoms with Gasteiger partial charge in [-0.05, 0) is 91.2 Å². The topological polar surface area (TPSA) is 45.6 Å². The number of benzene rings is 7. The average Bonchev–Trinajstić information content (AvgIpc) is 3.58. The van der Waals surface area contributed by atoms with Crippen molar-refractivity contribution in [3.8, 4) is 16.9 Å². The van der Waals surface area contributed by atoms with E-state index in [9.17, 15) is 0 Å². The molecule has 10 rings (SSSR count). The maximum atomic E-state index is 6.41. The van der Waals surface area contributed by atoms with E-state index in [4.69, 9.17) is 9.73 Å². The Bertz CT molecular complexity index is 2590. The molecule has 246 valence electrons. The van der Waals surface area contributed by atoms with Crippen molar-refractivity contribution in [1.82, 2.24) is 10.6 Å². The molecule has 0 fully saturated rings. The van der Waals surface area contributed by atoms with Crippen LogP contribution in [0.4, 0.5) is 0 Å². The van der Waals surface area contributed by atoms with Crippen molar-refractivity contribution in [2.75, 3.05) is 0 Å². The molecule has 2 N–H and O–H groups in total. The first-order valence-electron chi connectivity index (χ1n) is 18.0. The fourth-order valence-electron chi connectivity index (χ4n) is 8.34. The van der Waals surface area contributed by atoms with Crippen molar-refractivity contribution in [1.29, 1.82) is 0 Å². The molecule has 0 spiro atoms. The van der Waals surface area contributed by atoms with Crippen LogP contribution in [0.15, 0.2) is 162 Å². The summed E-state index contributed by atoms with van der Waals surface area (Å²) in [5, 5.41) is 15.3. The van der Waals surface area contributed by atoms with Gasteiger partial charge in [-0.25, -0.2) is 4.99 Å². The highest BCUT2D eigenvalue weighted by Gasteiger charge is 2.32. The van der Waals surface area contributed by atoms with Gasteiger partial charge >= 0.3 is 0 Å². The number of hydrogen-bond donors (Lipinski definition) is 2. The summed E-state index contributed by atoms with van der Waals surface area (Å²) in [6.07, 6.45) is 7.82. The molecule has 51 heavy (non-hydrogen) atoms. The monoisotopic (exact) mass is 659 g/mol. The summed E-state index contributed by atoms with van der Waals surface area (Å²) in [5.74, 6) is 3.09. The molecule has 4 heteroatoms. The lowest BCUT2D eigenvalue weighted by Crippen LogP contribution is -2.45. The number of allylic oxidation sites excluding steroid dienone is 4. The maximum absolute atomic E-state index is 6.41. The van der Waals surface area contributed by atoms with E-state index in [0.717, 1.165) is 41.3 Å². The molecule has 7 aromatic rings. The van der Waals surface area contributed by atoms with E-state index in [-0.39, 0.29) is 18.2 Å². The lowest BCUT2D eigenvalue weighted by molar-refractivity contribution is 0.409. The highest BCUT2D eigenvalue weighted by molar-refractivity contribution is 6.20. The number of nitrogens with one attached hydrogen (secondary N) is 2. The van der Waals surface area contributed by atoms with Crippen molar-refractivity contribution in [2.45, 2.75) is 38.0 Å². The number of nitrogens with zero attached hydrogens (tertiary/aromatic N) is 1. The van der Waals surface area contributed by atoms with Gasteiger partial charge in [0.1, 0.15) is 29.7 Å². The lowest BCUT2D eigenvalue weighted by atomic mass is 9.90. The van der Waals surface area contributed by atoms with Crippen LogP contribution in [0, 0.1) is 0 Å². The number of amidine groups is 1. The zero-order chi connectivity index (χ0) is 33.9. The van der Waals surface area contributed by atoms with Crippen molar-refractivity contribution in [3.63, 3.8) is 0 Å². The van der Waals surface area contributed by atoms with Crippen LogP contribution >= 0.6 is 0 Å². The number of hydrogen-bond acceptors (Lipinski definition) is 4. The summed E-state index contributed by atoms with van der Waals surface area (Å²) in [6, 6.07) is 48.5. The molecule has 0 bridgehead atoms. The molecule has 0 saturated heterocycles. The molecule has 4 nitrogen and oxygen atoms in total. The van der Waals surface area contributed by atoms with E-state index in [1.807, 2.05) is 0 Å². The fourth-order valence-corrected chi connectivity index (χ4v) is 8.34. The van der Waals surface area contributed by atoms with Crippen molar-refractivity contribution < 1.29 is 4.74 Å². The van der Waals surface area contributed by atoms with Gasteiger partial charge in [0.2, 0.25) is 0 Å². The summed E-state index contributed by atoms with van der Waals surface area (Å²) in [6.45, 7) is 2.23. The third-order valence-corrected chi connectivity index (χ3v) is 10.9. The van der Waals surface area contributed by atoms with Crippen LogP contribution in [0.25, 0.3) is 43.4 Å². The number of fused-ring (bicyclic) bond motifs is 8. The Labute approximate surface area is 297 Å². The summed E-state index contributed by atoms with van der Waals surface area (Å²) in [5.41, 5.74) is 8.35. The molecule has 0 amide bonds. The SMILES string of the molecule is CCc1cccc(C2N=C(c3ccc4c(c3)OC3=CC=CCC34)NC(c3ccc4ccc5ccc6ccccc6c5c4c3)N2)c1-c1ccccc1. The van der Waals surface area contributed by atoms with E-state index in [0.29, 0.717) is 0 Å². The zero-order valence-electron chi connectivity index (χ0n) is 28.4. The number of aryl methyl sites for hydroxylation is 1. The Hall–Kier alpha value is -5.97. The van der Waals surface area contributed by atoms with Crippen LogP contribution in [0.3, 0.4) is 0 Å². The van der Waals surface area contributed by atoms with E-state index < -0.39 is 0 Å². The second kappa shape index (κ2) is 12.1. The van der Waals surface area contributed by atoms with E-state index >= 15 is 0 Å². The van der Waals surface area contributed by atoms with Crippen LogP contribution in [-0.2, 0) is 6.42 Å². The van der Waals surface area contributed by atoms with Crippen molar-refractivity contribution in [2.24, 2.45) is 4.99 Å². The summed E-state index contributed by atoms with van der Waals surface area (Å²) in [7, 11) is 0. The molecule has 0 aromatic heterocycles. The summed E-state index contributed by atoms with van der Waals surface area (Å²) >= 11 is 0. The van der Waals surface area contributed by atoms with Crippen LogP contribution in [-0.4, -0.2) is 5.84 Å². The molecule has 0 radical (unpaired) electrons. The standard InChI is InChI=1S/C47H37N3O/c1-2-29-14-10-17-39(43(29)32-12-4-3-5-13-32)47-49-45(48-46(50-47)35-25-26-38-37-16-8-9-18-41(37)51-42(38)28-35)34-24-21-31-20-23-33-22-19-30-11-6-7-15-36(30)44(33)40(31)27-34/h3-15,17-28,37,45,47,49H,2,16H2,1H3,(H,48,50). The number of ether oxygens (including phenoxy) is 1. The number of rotatable bonds is 5. The van der Waals surface area contributed by atoms with Gasteiger partial charge in [0, 0.05) is 17.0 Å². The Kier molecular flexibility index (Phi) is 7.10. The molecule has 7 aromatic carbocycles. The third-order valence-electron chi connectivity index (χ3n) is 10.9. The van der Waals surface area contributed by atoms with Gasteiger partial charge in [-0.1, -0.05) is 140 Å². The maximum Gasteiger partial charge on any atom is 0.132 e. The van der Waals surface area contributed by atoms with Gasteiger partial charge in [-0.2, -0.15) is 0 Å². The minimum absolute atomic E-state index is 0.199. The largest absolute Gasteiger partial charge is 0.461 e. The first-order valence-corrected chi connectivity index (χ1v) is 18.0. The third kappa shape index (κ3) is 5.06. The Morgan fingerprint density at radius 3 is 2.39 bits per heavy atom. The lowest BCUT2D eigenvalue weighted by Gasteiger charge is -2.33. The molecule has 0 saturated carbocycles. The van der Waals surface area contributed by atoms with Gasteiger partial charge in [0.15, 0.2) is 0 Å². The average molecular weight is 660 g/mol. The van der Waals surface area contributed by atoms with Crippen molar-refractivity contribution >= 4 is 38.2 Å². The van der Waals surface area contributed by atoms with Gasteiger partial charge in [0.05, 0.1) is 0 Å². The molecular formula is C47H37N3O. The molecule has 1 aliphatic carbocycles. The van der Waals surface area contributed by atoms with Gasteiger partial charge in [0.25, 0.3) is 0 Å². The van der Waals surface area contributed by atoms with Gasteiger partial charge in [-0.3, -0.25) is 5.32 Å². The van der Waals surface area contributed by atoms with E-state index in [1.54, 1.807) is 0 Å². The van der Waals surface area contributed by atoms with Gasteiger partial charge < -0.3 is 10.1 Å². The second-order valence-corrected chi connectivity index (χ2v) is 13.8. The van der Waals surface area contributed by atoms with Crippen LogP contribution in [0.1, 0.15) is 59.4 Å². The second-order valence-electron chi connectivity index (χ2n) is 13.8. The quantitative estimate of drug-likeness (QED) is 0.181. The minimum atomic E-state index is -0.291. The van der Waals surface area contributed by atoms with E-state index in [1.165, 1.54) is 60.1 Å². The predicted octanol–water partition coefficient (Wildman–Crippen LogP) is 11.0. The normalized spacial score (nSPS) is 19.3. The van der Waals surface area contributed by atoms with Crippen LogP contribution in [0.5, 0.6) is 5.75 Å². The summed E-state index contributed by atoms with van der Waals surface area (Å²) < 4.78 is 6.41. The molecule has 2 heterocycles.